The van der Waals surface area contributed by atoms with Crippen molar-refractivity contribution in [1.29, 1.82) is 0 Å². The lowest BCUT2D eigenvalue weighted by atomic mass is 9.85. The Labute approximate surface area is 101 Å². The quantitative estimate of drug-likeness (QED) is 0.823. The molecule has 1 saturated carbocycles. The Bertz CT molecular complexity index is 420. The van der Waals surface area contributed by atoms with Crippen LogP contribution in [-0.4, -0.2) is 13.1 Å². The van der Waals surface area contributed by atoms with Crippen LogP contribution in [0.1, 0.15) is 36.8 Å². The lowest BCUT2D eigenvalue weighted by Gasteiger charge is -2.31. The van der Waals surface area contributed by atoms with Gasteiger partial charge in [-0.3, -0.25) is 0 Å². The molecule has 1 heterocycles. The molecule has 1 saturated heterocycles. The molecule has 2 nitrogen and oxygen atoms in total. The fourth-order valence-corrected chi connectivity index (χ4v) is 2.64. The van der Waals surface area contributed by atoms with E-state index in [2.05, 4.69) is 5.32 Å². The summed E-state index contributed by atoms with van der Waals surface area (Å²) < 4.78 is 14.8. The predicted molar refractivity (Wildman–Crippen MR) is 66.4 cm³/mol. The molecule has 0 aromatic heterocycles. The van der Waals surface area contributed by atoms with Gasteiger partial charge in [-0.2, -0.15) is 0 Å². The van der Waals surface area contributed by atoms with Crippen LogP contribution >= 0.6 is 0 Å². The van der Waals surface area contributed by atoms with Crippen molar-refractivity contribution in [3.05, 3.63) is 35.4 Å². The molecule has 1 aliphatic heterocycles. The zero-order valence-corrected chi connectivity index (χ0v) is 10.0. The minimum Gasteiger partial charge on any atom is -0.321 e. The van der Waals surface area contributed by atoms with Gasteiger partial charge in [-0.25, -0.2) is 4.39 Å². The van der Waals surface area contributed by atoms with Gasteiger partial charge < -0.3 is 11.1 Å². The van der Waals surface area contributed by atoms with Crippen LogP contribution < -0.4 is 11.1 Å². The highest BCUT2D eigenvalue weighted by atomic mass is 19.1. The van der Waals surface area contributed by atoms with Crippen LogP contribution in [0.2, 0.25) is 0 Å². The number of hydrogen-bond donors (Lipinski definition) is 2. The van der Waals surface area contributed by atoms with E-state index in [4.69, 9.17) is 5.73 Å². The van der Waals surface area contributed by atoms with Crippen molar-refractivity contribution in [2.75, 3.05) is 13.1 Å². The van der Waals surface area contributed by atoms with Crippen molar-refractivity contribution < 1.29 is 4.39 Å². The topological polar surface area (TPSA) is 38.0 Å². The number of hydrogen-bond acceptors (Lipinski definition) is 2. The highest BCUT2D eigenvalue weighted by Gasteiger charge is 2.41. The molecule has 0 bridgehead atoms. The Balaban J connectivity index is 1.92. The number of alkyl halides is 1. The van der Waals surface area contributed by atoms with Crippen molar-refractivity contribution in [2.45, 2.75) is 36.9 Å². The number of benzene rings is 1. The zero-order valence-electron chi connectivity index (χ0n) is 10.0. The second-order valence-corrected chi connectivity index (χ2v) is 5.45. The van der Waals surface area contributed by atoms with Crippen LogP contribution in [0.15, 0.2) is 24.3 Å². The van der Waals surface area contributed by atoms with Crippen LogP contribution in [0.5, 0.6) is 0 Å². The van der Waals surface area contributed by atoms with Crippen LogP contribution in [0.3, 0.4) is 0 Å². The Kier molecular flexibility index (Phi) is 2.49. The second kappa shape index (κ2) is 3.79. The molecular formula is C14H19FN2. The molecule has 17 heavy (non-hydrogen) atoms. The maximum atomic E-state index is 14.8. The van der Waals surface area contributed by atoms with Gasteiger partial charge in [0, 0.05) is 5.54 Å². The van der Waals surface area contributed by atoms with Crippen molar-refractivity contribution in [3.63, 3.8) is 0 Å². The molecule has 92 valence electrons. The van der Waals surface area contributed by atoms with E-state index < -0.39 is 5.67 Å². The number of piperidine rings is 1. The maximum Gasteiger partial charge on any atom is 0.138 e. The lowest BCUT2D eigenvalue weighted by Crippen LogP contribution is -2.36. The minimum absolute atomic E-state index is 0.167. The summed E-state index contributed by atoms with van der Waals surface area (Å²) in [7, 11) is 0. The average Bonchev–Trinajstić information content (AvgIpc) is 3.10. The van der Waals surface area contributed by atoms with Gasteiger partial charge in [0.2, 0.25) is 0 Å². The summed E-state index contributed by atoms with van der Waals surface area (Å²) in [6, 6.07) is 7.86. The van der Waals surface area contributed by atoms with Crippen molar-refractivity contribution in [3.8, 4) is 0 Å². The molecule has 0 atom stereocenters. The summed E-state index contributed by atoms with van der Waals surface area (Å²) in [5.74, 6) is 0. The van der Waals surface area contributed by atoms with Gasteiger partial charge in [-0.05, 0) is 49.9 Å². The van der Waals surface area contributed by atoms with Gasteiger partial charge in [-0.15, -0.1) is 0 Å². The molecule has 0 radical (unpaired) electrons. The fraction of sp³-hybridized carbons (Fsp3) is 0.571. The monoisotopic (exact) mass is 234 g/mol. The highest BCUT2D eigenvalue weighted by molar-refractivity contribution is 5.36. The molecule has 0 amide bonds. The van der Waals surface area contributed by atoms with E-state index in [9.17, 15) is 4.39 Å². The number of rotatable bonds is 2. The van der Waals surface area contributed by atoms with Crippen molar-refractivity contribution in [2.24, 2.45) is 5.73 Å². The minimum atomic E-state index is -1.16. The molecule has 1 aromatic rings. The SMILES string of the molecule is NC1(c2cccc(C3(F)CCNCC3)c2)CC1. The molecule has 2 fully saturated rings. The summed E-state index contributed by atoms with van der Waals surface area (Å²) in [5.41, 5.74) is 6.76. The smallest absolute Gasteiger partial charge is 0.138 e. The molecule has 2 aliphatic rings. The number of halogens is 1. The maximum absolute atomic E-state index is 14.8. The van der Waals surface area contributed by atoms with E-state index in [1.807, 2.05) is 24.3 Å². The summed E-state index contributed by atoms with van der Waals surface area (Å²) in [6.07, 6.45) is 3.18. The largest absolute Gasteiger partial charge is 0.321 e. The Hall–Kier alpha value is -0.930. The normalized spacial score (nSPS) is 25.5. The molecule has 0 unspecified atom stereocenters. The zero-order chi connectivity index (χ0) is 11.9. The van der Waals surface area contributed by atoms with Crippen molar-refractivity contribution in [1.82, 2.24) is 5.32 Å². The van der Waals surface area contributed by atoms with Gasteiger partial charge >= 0.3 is 0 Å². The Morgan fingerprint density at radius 1 is 1.06 bits per heavy atom. The first-order chi connectivity index (χ1) is 8.12. The molecule has 3 heteroatoms. The molecule has 1 aliphatic carbocycles. The van der Waals surface area contributed by atoms with Crippen LogP contribution in [0, 0.1) is 0 Å². The third kappa shape index (κ3) is 1.98. The molecule has 3 N–H and O–H groups in total. The molecule has 1 aromatic carbocycles. The number of nitrogens with two attached hydrogens (primary N) is 1. The standard InChI is InChI=1S/C14H19FN2/c15-13(6-8-17-9-7-13)11-2-1-3-12(10-11)14(16)4-5-14/h1-3,10,17H,4-9,16H2. The van der Waals surface area contributed by atoms with E-state index in [0.29, 0.717) is 12.8 Å². The van der Waals surface area contributed by atoms with Crippen LogP contribution in [0.25, 0.3) is 0 Å². The Morgan fingerprint density at radius 3 is 2.35 bits per heavy atom. The summed E-state index contributed by atoms with van der Waals surface area (Å²) in [6.45, 7) is 1.52. The van der Waals surface area contributed by atoms with E-state index in [1.165, 1.54) is 0 Å². The lowest BCUT2D eigenvalue weighted by molar-refractivity contribution is 0.115. The predicted octanol–water partition coefficient (Wildman–Crippen LogP) is 2.18. The van der Waals surface area contributed by atoms with Gasteiger partial charge in [0.05, 0.1) is 0 Å². The van der Waals surface area contributed by atoms with E-state index in [0.717, 1.165) is 37.1 Å². The summed E-state index contributed by atoms with van der Waals surface area (Å²) in [5, 5.41) is 3.20. The van der Waals surface area contributed by atoms with Gasteiger partial charge in [0.1, 0.15) is 5.67 Å². The van der Waals surface area contributed by atoms with Gasteiger partial charge in [-0.1, -0.05) is 24.3 Å². The Morgan fingerprint density at radius 2 is 1.71 bits per heavy atom. The third-order valence-electron chi connectivity index (χ3n) is 4.14. The average molecular weight is 234 g/mol. The number of nitrogens with one attached hydrogen (secondary N) is 1. The molecular weight excluding hydrogens is 215 g/mol. The first kappa shape index (κ1) is 11.2. The second-order valence-electron chi connectivity index (χ2n) is 5.45. The summed E-state index contributed by atoms with van der Waals surface area (Å²) in [4.78, 5) is 0. The van der Waals surface area contributed by atoms with E-state index in [-0.39, 0.29) is 5.54 Å². The van der Waals surface area contributed by atoms with E-state index in [1.54, 1.807) is 0 Å². The first-order valence-corrected chi connectivity index (χ1v) is 6.42. The van der Waals surface area contributed by atoms with Gasteiger partial charge in [0.15, 0.2) is 0 Å². The van der Waals surface area contributed by atoms with Crippen LogP contribution in [0.4, 0.5) is 4.39 Å². The van der Waals surface area contributed by atoms with E-state index >= 15 is 0 Å². The van der Waals surface area contributed by atoms with Crippen molar-refractivity contribution >= 4 is 0 Å². The summed E-state index contributed by atoms with van der Waals surface area (Å²) >= 11 is 0. The highest BCUT2D eigenvalue weighted by Crippen LogP contribution is 2.44. The third-order valence-corrected chi connectivity index (χ3v) is 4.14. The first-order valence-electron chi connectivity index (χ1n) is 6.42. The fourth-order valence-electron chi connectivity index (χ4n) is 2.64. The van der Waals surface area contributed by atoms with Gasteiger partial charge in [0.25, 0.3) is 0 Å². The molecule has 3 rings (SSSR count). The molecule has 0 spiro atoms. The van der Waals surface area contributed by atoms with Crippen LogP contribution in [-0.2, 0) is 11.2 Å².